The zero-order valence-corrected chi connectivity index (χ0v) is 5.24. The lowest BCUT2D eigenvalue weighted by molar-refractivity contribution is -0.355. The molecular formula is C6H10O3. The molecule has 0 aromatic heterocycles. The Bertz CT molecular complexity index is 128. The first-order valence-corrected chi connectivity index (χ1v) is 2.88. The summed E-state index contributed by atoms with van der Waals surface area (Å²) in [6.45, 7) is 1.95. The second-order valence-corrected chi connectivity index (χ2v) is 2.19. The van der Waals surface area contributed by atoms with E-state index in [-0.39, 0.29) is 12.5 Å². The predicted molar refractivity (Wildman–Crippen MR) is 31.4 cm³/mol. The molecule has 0 aromatic carbocycles. The van der Waals surface area contributed by atoms with Gasteiger partial charge in [0.05, 0.1) is 12.5 Å². The molecule has 0 saturated heterocycles. The van der Waals surface area contributed by atoms with E-state index in [2.05, 4.69) is 4.74 Å². The van der Waals surface area contributed by atoms with Gasteiger partial charge in [0.15, 0.2) is 0 Å². The van der Waals surface area contributed by atoms with Crippen LogP contribution in [0, 0.1) is 5.92 Å². The first-order valence-electron chi connectivity index (χ1n) is 2.88. The normalized spacial score (nSPS) is 32.6. The number of hydrogen-bond donors (Lipinski definition) is 2. The highest BCUT2D eigenvalue weighted by molar-refractivity contribution is 4.93. The molecule has 3 heteroatoms. The Morgan fingerprint density at radius 3 is 2.67 bits per heavy atom. The molecule has 0 radical (unpaired) electrons. The summed E-state index contributed by atoms with van der Waals surface area (Å²) in [5, 5.41) is 17.9. The van der Waals surface area contributed by atoms with Crippen molar-refractivity contribution in [3.05, 3.63) is 12.2 Å². The van der Waals surface area contributed by atoms with E-state index in [9.17, 15) is 0 Å². The molecule has 0 aromatic rings. The van der Waals surface area contributed by atoms with E-state index in [0.29, 0.717) is 0 Å². The van der Waals surface area contributed by atoms with Crippen LogP contribution in [-0.2, 0) is 4.74 Å². The van der Waals surface area contributed by atoms with Crippen LogP contribution in [0.15, 0.2) is 12.2 Å². The third-order valence-electron chi connectivity index (χ3n) is 1.41. The number of ether oxygens (including phenoxy) is 1. The lowest BCUT2D eigenvalue weighted by Crippen LogP contribution is -2.40. The van der Waals surface area contributed by atoms with Crippen molar-refractivity contribution in [1.82, 2.24) is 0 Å². The van der Waals surface area contributed by atoms with Crippen LogP contribution in [0.2, 0.25) is 0 Å². The van der Waals surface area contributed by atoms with Crippen LogP contribution in [0.4, 0.5) is 0 Å². The minimum atomic E-state index is -1.95. The first kappa shape index (κ1) is 6.74. The smallest absolute Gasteiger partial charge is 0.284 e. The van der Waals surface area contributed by atoms with Crippen LogP contribution in [0.25, 0.3) is 0 Å². The van der Waals surface area contributed by atoms with E-state index >= 15 is 0 Å². The van der Waals surface area contributed by atoms with Crippen molar-refractivity contribution >= 4 is 0 Å². The lowest BCUT2D eigenvalue weighted by Gasteiger charge is -2.28. The zero-order valence-electron chi connectivity index (χ0n) is 5.24. The van der Waals surface area contributed by atoms with Crippen molar-refractivity contribution in [3.8, 4) is 0 Å². The fourth-order valence-corrected chi connectivity index (χ4v) is 0.687. The van der Waals surface area contributed by atoms with E-state index in [4.69, 9.17) is 10.2 Å². The van der Waals surface area contributed by atoms with E-state index in [0.717, 1.165) is 0 Å². The zero-order chi connectivity index (χ0) is 6.91. The molecule has 1 rings (SSSR count). The molecule has 3 nitrogen and oxygen atoms in total. The van der Waals surface area contributed by atoms with Gasteiger partial charge in [-0.2, -0.15) is 0 Å². The van der Waals surface area contributed by atoms with Gasteiger partial charge in [0.1, 0.15) is 0 Å². The summed E-state index contributed by atoms with van der Waals surface area (Å²) in [6, 6.07) is 0. The second-order valence-electron chi connectivity index (χ2n) is 2.19. The molecule has 9 heavy (non-hydrogen) atoms. The van der Waals surface area contributed by atoms with Crippen LogP contribution in [0.1, 0.15) is 6.92 Å². The SMILES string of the molecule is CC1C=CCOC1(O)O. The minimum Gasteiger partial charge on any atom is -0.343 e. The maximum atomic E-state index is 8.93. The number of rotatable bonds is 0. The summed E-state index contributed by atoms with van der Waals surface area (Å²) >= 11 is 0. The van der Waals surface area contributed by atoms with Gasteiger partial charge in [-0.3, -0.25) is 0 Å². The molecule has 0 fully saturated rings. The topological polar surface area (TPSA) is 49.7 Å². The Labute approximate surface area is 53.6 Å². The Hall–Kier alpha value is -0.380. The monoisotopic (exact) mass is 130 g/mol. The van der Waals surface area contributed by atoms with Crippen LogP contribution in [0.5, 0.6) is 0 Å². The summed E-state index contributed by atoms with van der Waals surface area (Å²) in [5.41, 5.74) is 0. The van der Waals surface area contributed by atoms with Gasteiger partial charge >= 0.3 is 0 Å². The number of hydrogen-bond acceptors (Lipinski definition) is 3. The van der Waals surface area contributed by atoms with Crippen molar-refractivity contribution in [3.63, 3.8) is 0 Å². The number of aliphatic hydroxyl groups is 2. The Kier molecular flexibility index (Phi) is 1.57. The molecule has 52 valence electrons. The Morgan fingerprint density at radius 2 is 2.33 bits per heavy atom. The molecule has 2 N–H and O–H groups in total. The van der Waals surface area contributed by atoms with Gasteiger partial charge in [0.2, 0.25) is 0 Å². The van der Waals surface area contributed by atoms with E-state index in [1.165, 1.54) is 0 Å². The lowest BCUT2D eigenvalue weighted by atomic mass is 10.1. The Balaban J connectivity index is 2.66. The average Bonchev–Trinajstić information content (AvgIpc) is 1.77. The van der Waals surface area contributed by atoms with Crippen LogP contribution >= 0.6 is 0 Å². The van der Waals surface area contributed by atoms with Crippen LogP contribution < -0.4 is 0 Å². The molecule has 0 saturated carbocycles. The third-order valence-corrected chi connectivity index (χ3v) is 1.41. The predicted octanol–water partition coefficient (Wildman–Crippen LogP) is -0.153. The molecule has 1 aliphatic heterocycles. The van der Waals surface area contributed by atoms with Gasteiger partial charge in [-0.1, -0.05) is 19.1 Å². The van der Waals surface area contributed by atoms with Gasteiger partial charge in [0.25, 0.3) is 5.97 Å². The van der Waals surface area contributed by atoms with E-state index < -0.39 is 5.97 Å². The first-order chi connectivity index (χ1) is 4.13. The fraction of sp³-hybridized carbons (Fsp3) is 0.667. The van der Waals surface area contributed by atoms with Crippen LogP contribution in [0.3, 0.4) is 0 Å². The maximum Gasteiger partial charge on any atom is 0.284 e. The van der Waals surface area contributed by atoms with Gasteiger partial charge in [0, 0.05) is 0 Å². The van der Waals surface area contributed by atoms with Crippen molar-refractivity contribution in [2.45, 2.75) is 12.9 Å². The van der Waals surface area contributed by atoms with Gasteiger partial charge < -0.3 is 14.9 Å². The maximum absolute atomic E-state index is 8.93. The highest BCUT2D eigenvalue weighted by Crippen LogP contribution is 2.20. The highest BCUT2D eigenvalue weighted by atomic mass is 16.8. The molecule has 0 amide bonds. The van der Waals surface area contributed by atoms with Crippen molar-refractivity contribution in [2.24, 2.45) is 5.92 Å². The minimum absolute atomic E-state index is 0.275. The average molecular weight is 130 g/mol. The van der Waals surface area contributed by atoms with Gasteiger partial charge in [-0.15, -0.1) is 0 Å². The molecule has 0 spiro atoms. The largest absolute Gasteiger partial charge is 0.343 e. The molecule has 1 atom stereocenters. The molecule has 0 aliphatic carbocycles. The molecule has 0 bridgehead atoms. The van der Waals surface area contributed by atoms with E-state index in [1.807, 2.05) is 0 Å². The highest BCUT2D eigenvalue weighted by Gasteiger charge is 2.32. The summed E-state index contributed by atoms with van der Waals surface area (Å²) in [7, 11) is 0. The fourth-order valence-electron chi connectivity index (χ4n) is 0.687. The van der Waals surface area contributed by atoms with Crippen molar-refractivity contribution in [2.75, 3.05) is 6.61 Å². The Morgan fingerprint density at radius 1 is 1.67 bits per heavy atom. The molecule has 1 unspecified atom stereocenters. The second kappa shape index (κ2) is 2.10. The summed E-state index contributed by atoms with van der Waals surface area (Å²) in [4.78, 5) is 0. The molecular weight excluding hydrogens is 120 g/mol. The summed E-state index contributed by atoms with van der Waals surface area (Å²) < 4.78 is 4.60. The quantitative estimate of drug-likeness (QED) is 0.354. The van der Waals surface area contributed by atoms with Gasteiger partial charge in [-0.25, -0.2) is 0 Å². The van der Waals surface area contributed by atoms with Gasteiger partial charge in [-0.05, 0) is 0 Å². The molecule has 1 aliphatic rings. The standard InChI is InChI=1S/C6H10O3/c1-5-3-2-4-9-6(5,7)8/h2-3,5,7-8H,4H2,1H3. The van der Waals surface area contributed by atoms with Crippen LogP contribution in [-0.4, -0.2) is 22.8 Å². The summed E-state index contributed by atoms with van der Waals surface area (Å²) in [5.74, 6) is -2.29. The third kappa shape index (κ3) is 1.30. The van der Waals surface area contributed by atoms with Crippen molar-refractivity contribution < 1.29 is 14.9 Å². The van der Waals surface area contributed by atoms with Crippen molar-refractivity contribution in [1.29, 1.82) is 0 Å². The summed E-state index contributed by atoms with van der Waals surface area (Å²) in [6.07, 6.45) is 3.47. The molecule has 1 heterocycles. The van der Waals surface area contributed by atoms with E-state index in [1.54, 1.807) is 19.1 Å².